The summed E-state index contributed by atoms with van der Waals surface area (Å²) in [6.07, 6.45) is 2.01. The first-order valence-corrected chi connectivity index (χ1v) is 10.8. The molecule has 4 aromatic rings. The van der Waals surface area contributed by atoms with Gasteiger partial charge in [0.1, 0.15) is 12.3 Å². The third-order valence-electron chi connectivity index (χ3n) is 4.66. The van der Waals surface area contributed by atoms with Crippen LogP contribution in [-0.4, -0.2) is 43.0 Å². The molecule has 0 aliphatic heterocycles. The largest absolute Gasteiger partial charge is 0.467 e. The van der Waals surface area contributed by atoms with E-state index in [1.165, 1.54) is 11.8 Å². The van der Waals surface area contributed by atoms with Gasteiger partial charge in [0.15, 0.2) is 6.04 Å². The highest BCUT2D eigenvalue weighted by Crippen LogP contribution is 2.20. The molecule has 10 nitrogen and oxygen atoms in total. The standard InChI is InChI=1S/C22H19Cl2N7O3/c1-33-19(32)18(11-14-5-3-2-4-6-14)31-12-17(29-30-31)13-34-22-27-20(24)26-21(28-22)25-16-9-7-15(23)8-10-16/h2-10,12,18H,11,13H2,1H3,(H,25,26,27,28). The second-order valence-electron chi connectivity index (χ2n) is 7.05. The molecule has 0 aliphatic carbocycles. The first-order valence-electron chi connectivity index (χ1n) is 10.1. The van der Waals surface area contributed by atoms with Crippen LogP contribution >= 0.6 is 23.2 Å². The van der Waals surface area contributed by atoms with E-state index in [-0.39, 0.29) is 23.8 Å². The van der Waals surface area contributed by atoms with Crippen molar-refractivity contribution in [2.75, 3.05) is 12.4 Å². The van der Waals surface area contributed by atoms with Gasteiger partial charge in [0, 0.05) is 17.1 Å². The maximum Gasteiger partial charge on any atom is 0.331 e. The zero-order chi connectivity index (χ0) is 23.9. The van der Waals surface area contributed by atoms with Crippen LogP contribution in [-0.2, 0) is 22.6 Å². The Bertz CT molecular complexity index is 1250. The van der Waals surface area contributed by atoms with Crippen molar-refractivity contribution in [3.8, 4) is 6.01 Å². The van der Waals surface area contributed by atoms with Crippen molar-refractivity contribution in [3.05, 3.63) is 82.4 Å². The summed E-state index contributed by atoms with van der Waals surface area (Å²) < 4.78 is 12.0. The average Bonchev–Trinajstić information content (AvgIpc) is 3.31. The predicted octanol–water partition coefficient (Wildman–Crippen LogP) is 4.05. The first kappa shape index (κ1) is 23.4. The number of ether oxygens (including phenoxy) is 2. The zero-order valence-electron chi connectivity index (χ0n) is 17.9. The van der Waals surface area contributed by atoms with Crippen molar-refractivity contribution in [2.24, 2.45) is 0 Å². The summed E-state index contributed by atoms with van der Waals surface area (Å²) in [7, 11) is 1.33. The number of esters is 1. The Hall–Kier alpha value is -3.76. The fourth-order valence-electron chi connectivity index (χ4n) is 3.04. The Labute approximate surface area is 204 Å². The number of carbonyl (C=O) groups is 1. The van der Waals surface area contributed by atoms with Crippen LogP contribution in [0.15, 0.2) is 60.8 Å². The SMILES string of the molecule is COC(=O)C(Cc1ccccc1)n1cc(COc2nc(Cl)nc(Nc3ccc(Cl)cc3)n2)nn1. The molecule has 1 atom stereocenters. The van der Waals surface area contributed by atoms with Gasteiger partial charge in [0.25, 0.3) is 0 Å². The number of hydrogen-bond donors (Lipinski definition) is 1. The molecule has 1 N–H and O–H groups in total. The second-order valence-corrected chi connectivity index (χ2v) is 7.82. The molecule has 0 bridgehead atoms. The Morgan fingerprint density at radius 3 is 2.56 bits per heavy atom. The third kappa shape index (κ3) is 6.18. The van der Waals surface area contributed by atoms with E-state index in [1.807, 2.05) is 30.3 Å². The highest BCUT2D eigenvalue weighted by atomic mass is 35.5. The maximum atomic E-state index is 12.4. The van der Waals surface area contributed by atoms with Crippen LogP contribution in [0.2, 0.25) is 10.3 Å². The minimum Gasteiger partial charge on any atom is -0.467 e. The van der Waals surface area contributed by atoms with Crippen LogP contribution in [0.3, 0.4) is 0 Å². The fourth-order valence-corrected chi connectivity index (χ4v) is 3.32. The quantitative estimate of drug-likeness (QED) is 0.340. The van der Waals surface area contributed by atoms with Gasteiger partial charge in [-0.05, 0) is 41.4 Å². The highest BCUT2D eigenvalue weighted by Gasteiger charge is 2.23. The van der Waals surface area contributed by atoms with Gasteiger partial charge in [-0.25, -0.2) is 9.48 Å². The van der Waals surface area contributed by atoms with Crippen molar-refractivity contribution in [1.29, 1.82) is 0 Å². The number of halogens is 2. The zero-order valence-corrected chi connectivity index (χ0v) is 19.4. The molecule has 12 heteroatoms. The lowest BCUT2D eigenvalue weighted by molar-refractivity contribution is -0.144. The molecule has 0 spiro atoms. The number of nitrogens with zero attached hydrogens (tertiary/aromatic N) is 6. The van der Waals surface area contributed by atoms with E-state index >= 15 is 0 Å². The van der Waals surface area contributed by atoms with Gasteiger partial charge in [-0.15, -0.1) is 5.10 Å². The summed E-state index contributed by atoms with van der Waals surface area (Å²) in [5, 5.41) is 11.7. The molecule has 4 rings (SSSR count). The van der Waals surface area contributed by atoms with Crippen LogP contribution in [0, 0.1) is 0 Å². The molecule has 2 aromatic heterocycles. The van der Waals surface area contributed by atoms with Crippen LogP contribution in [0.25, 0.3) is 0 Å². The van der Waals surface area contributed by atoms with Gasteiger partial charge < -0.3 is 14.8 Å². The molecule has 0 radical (unpaired) electrons. The molecular weight excluding hydrogens is 481 g/mol. The van der Waals surface area contributed by atoms with Crippen LogP contribution < -0.4 is 10.1 Å². The molecular formula is C22H19Cl2N7O3. The number of nitrogens with one attached hydrogen (secondary N) is 1. The summed E-state index contributed by atoms with van der Waals surface area (Å²) in [5.41, 5.74) is 2.14. The van der Waals surface area contributed by atoms with Gasteiger partial charge in [-0.1, -0.05) is 47.1 Å². The van der Waals surface area contributed by atoms with Gasteiger partial charge in [0.2, 0.25) is 11.2 Å². The van der Waals surface area contributed by atoms with E-state index in [0.29, 0.717) is 22.8 Å². The lowest BCUT2D eigenvalue weighted by atomic mass is 10.1. The minimum absolute atomic E-state index is 0.0000429. The highest BCUT2D eigenvalue weighted by molar-refractivity contribution is 6.30. The number of benzene rings is 2. The van der Waals surface area contributed by atoms with E-state index in [1.54, 1.807) is 30.5 Å². The molecule has 34 heavy (non-hydrogen) atoms. The second kappa shape index (κ2) is 10.9. The molecule has 2 aromatic carbocycles. The van der Waals surface area contributed by atoms with Crippen molar-refractivity contribution in [3.63, 3.8) is 0 Å². The molecule has 0 aliphatic rings. The molecule has 174 valence electrons. The van der Waals surface area contributed by atoms with Gasteiger partial charge >= 0.3 is 12.0 Å². The predicted molar refractivity (Wildman–Crippen MR) is 125 cm³/mol. The molecule has 1 unspecified atom stereocenters. The van der Waals surface area contributed by atoms with Crippen LogP contribution in [0.5, 0.6) is 6.01 Å². The van der Waals surface area contributed by atoms with Crippen molar-refractivity contribution < 1.29 is 14.3 Å². The van der Waals surface area contributed by atoms with Crippen molar-refractivity contribution in [2.45, 2.75) is 19.1 Å². The number of methoxy groups -OCH3 is 1. The number of rotatable bonds is 9. The van der Waals surface area contributed by atoms with Gasteiger partial charge in [-0.2, -0.15) is 15.0 Å². The van der Waals surface area contributed by atoms with Crippen LogP contribution in [0.4, 0.5) is 11.6 Å². The summed E-state index contributed by atoms with van der Waals surface area (Å²) in [4.78, 5) is 24.6. The first-order chi connectivity index (χ1) is 16.5. The molecule has 2 heterocycles. The molecule has 0 fully saturated rings. The number of carbonyl (C=O) groups excluding carboxylic acids is 1. The summed E-state index contributed by atoms with van der Waals surface area (Å²) >= 11 is 11.9. The van der Waals surface area contributed by atoms with E-state index in [2.05, 4.69) is 30.6 Å². The Morgan fingerprint density at radius 2 is 1.82 bits per heavy atom. The molecule has 0 saturated carbocycles. The van der Waals surface area contributed by atoms with E-state index in [4.69, 9.17) is 32.7 Å². The summed E-state index contributed by atoms with van der Waals surface area (Å²) in [5.74, 6) is -0.224. The number of anilines is 2. The summed E-state index contributed by atoms with van der Waals surface area (Å²) in [6, 6.07) is 15.9. The van der Waals surface area contributed by atoms with Crippen LogP contribution in [0.1, 0.15) is 17.3 Å². The molecule has 0 amide bonds. The number of aromatic nitrogens is 6. The lowest BCUT2D eigenvalue weighted by Crippen LogP contribution is -2.23. The topological polar surface area (TPSA) is 117 Å². The van der Waals surface area contributed by atoms with E-state index in [0.717, 1.165) is 5.56 Å². The number of hydrogen-bond acceptors (Lipinski definition) is 9. The third-order valence-corrected chi connectivity index (χ3v) is 5.08. The Kier molecular flexibility index (Phi) is 7.51. The Morgan fingerprint density at radius 1 is 1.06 bits per heavy atom. The average molecular weight is 500 g/mol. The van der Waals surface area contributed by atoms with Crippen molar-refractivity contribution in [1.82, 2.24) is 29.9 Å². The Balaban J connectivity index is 1.44. The monoisotopic (exact) mass is 499 g/mol. The fraction of sp³-hybridized carbons (Fsp3) is 0.182. The smallest absolute Gasteiger partial charge is 0.331 e. The maximum absolute atomic E-state index is 12.4. The van der Waals surface area contributed by atoms with E-state index < -0.39 is 12.0 Å². The van der Waals surface area contributed by atoms with E-state index in [9.17, 15) is 4.79 Å². The summed E-state index contributed by atoms with van der Waals surface area (Å²) in [6.45, 7) is -0.0000429. The van der Waals surface area contributed by atoms with Crippen molar-refractivity contribution >= 4 is 40.8 Å². The minimum atomic E-state index is -0.671. The van der Waals surface area contributed by atoms with Gasteiger partial charge in [0.05, 0.1) is 13.3 Å². The molecule has 0 saturated heterocycles. The van der Waals surface area contributed by atoms with Gasteiger partial charge in [-0.3, -0.25) is 0 Å². The normalized spacial score (nSPS) is 11.6. The lowest BCUT2D eigenvalue weighted by Gasteiger charge is -2.14.